The van der Waals surface area contributed by atoms with Crippen LogP contribution in [0.3, 0.4) is 0 Å². The van der Waals surface area contributed by atoms with E-state index in [1.54, 1.807) is 0 Å². The van der Waals surface area contributed by atoms with Crippen LogP contribution in [-0.4, -0.2) is 26.3 Å². The van der Waals surface area contributed by atoms with Crippen molar-refractivity contribution in [1.29, 1.82) is 0 Å². The highest BCUT2D eigenvalue weighted by Gasteiger charge is 2.44. The van der Waals surface area contributed by atoms with Crippen LogP contribution in [0.1, 0.15) is 41.7 Å². The minimum atomic E-state index is -0.839. The Labute approximate surface area is 287 Å². The maximum atomic E-state index is 7.65. The molecule has 3 aliphatic rings. The Kier molecular flexibility index (Phi) is 6.17. The van der Waals surface area contributed by atoms with E-state index in [4.69, 9.17) is 9.47 Å². The zero-order valence-corrected chi connectivity index (χ0v) is 27.9. The van der Waals surface area contributed by atoms with Crippen molar-refractivity contribution >= 4 is 44.1 Å². The molecule has 0 spiro atoms. The van der Waals surface area contributed by atoms with E-state index in [1.165, 1.54) is 60.4 Å². The van der Waals surface area contributed by atoms with Gasteiger partial charge in [0.15, 0.2) is 5.60 Å². The van der Waals surface area contributed by atoms with E-state index < -0.39 is 5.60 Å². The highest BCUT2D eigenvalue weighted by molar-refractivity contribution is 6.09. The summed E-state index contributed by atoms with van der Waals surface area (Å²) in [5, 5.41) is 7.34. The van der Waals surface area contributed by atoms with E-state index in [0.29, 0.717) is 0 Å². The first-order valence-corrected chi connectivity index (χ1v) is 17.5. The first kappa shape index (κ1) is 28.6. The lowest BCUT2D eigenvalue weighted by molar-refractivity contribution is 0.122. The van der Waals surface area contributed by atoms with Crippen LogP contribution in [-0.2, 0) is 15.8 Å². The van der Waals surface area contributed by atoms with Gasteiger partial charge >= 0.3 is 0 Å². The second kappa shape index (κ2) is 10.6. The number of benzene rings is 7. The molecule has 1 aliphatic carbocycles. The summed E-state index contributed by atoms with van der Waals surface area (Å²) in [7, 11) is 0. The maximum absolute atomic E-state index is 7.65. The quantitative estimate of drug-likeness (QED) is 0.180. The molecule has 0 aromatic heterocycles. The molecule has 0 radical (unpaired) electrons. The van der Waals surface area contributed by atoms with Gasteiger partial charge in [0.05, 0.1) is 13.2 Å². The Hall–Kier alpha value is -5.38. The molecule has 7 aromatic carbocycles. The van der Waals surface area contributed by atoms with Gasteiger partial charge in [0.2, 0.25) is 0 Å². The Balaban J connectivity index is 1.23. The number of ether oxygens (including phenoxy) is 2. The number of anilines is 1. The Morgan fingerprint density at radius 1 is 0.612 bits per heavy atom. The molecule has 1 fully saturated rings. The van der Waals surface area contributed by atoms with Crippen molar-refractivity contribution in [2.75, 3.05) is 31.2 Å². The van der Waals surface area contributed by atoms with Gasteiger partial charge in [-0.05, 0) is 73.5 Å². The number of fused-ring (bicyclic) bond motifs is 11. The molecule has 1 atom stereocenters. The molecule has 238 valence electrons. The molecule has 1 unspecified atom stereocenters. The van der Waals surface area contributed by atoms with Crippen LogP contribution in [0.15, 0.2) is 133 Å². The van der Waals surface area contributed by atoms with Crippen LogP contribution < -0.4 is 9.64 Å². The minimum absolute atomic E-state index is 0.171. The van der Waals surface area contributed by atoms with Gasteiger partial charge in [0.1, 0.15) is 5.75 Å². The molecule has 0 N–H and O–H groups in total. The lowest BCUT2D eigenvalue weighted by Gasteiger charge is -2.39. The third-order valence-electron chi connectivity index (χ3n) is 11.3. The average molecular weight is 636 g/mol. The molecule has 0 amide bonds. The van der Waals surface area contributed by atoms with Crippen molar-refractivity contribution in [1.82, 2.24) is 0 Å². The van der Waals surface area contributed by atoms with Crippen LogP contribution in [0.2, 0.25) is 0 Å². The molecule has 1 saturated heterocycles. The molecule has 7 aromatic rings. The van der Waals surface area contributed by atoms with E-state index in [9.17, 15) is 0 Å². The maximum Gasteiger partial charge on any atom is 0.178 e. The van der Waals surface area contributed by atoms with Crippen LogP contribution >= 0.6 is 0 Å². The molecule has 3 heteroatoms. The topological polar surface area (TPSA) is 21.7 Å². The molecule has 0 saturated carbocycles. The lowest BCUT2D eigenvalue weighted by Crippen LogP contribution is -2.37. The minimum Gasteiger partial charge on any atom is -0.472 e. The summed E-state index contributed by atoms with van der Waals surface area (Å²) in [5.74, 6) is 0.952. The van der Waals surface area contributed by atoms with E-state index in [0.717, 1.165) is 48.6 Å². The van der Waals surface area contributed by atoms with Gasteiger partial charge in [-0.3, -0.25) is 0 Å². The zero-order chi connectivity index (χ0) is 32.7. The van der Waals surface area contributed by atoms with Gasteiger partial charge in [0, 0.05) is 46.3 Å². The number of hydrogen-bond acceptors (Lipinski definition) is 3. The smallest absolute Gasteiger partial charge is 0.178 e. The van der Waals surface area contributed by atoms with Gasteiger partial charge < -0.3 is 14.4 Å². The lowest BCUT2D eigenvalue weighted by atomic mass is 9.76. The first-order chi connectivity index (χ1) is 24.0. The molecule has 2 heterocycles. The van der Waals surface area contributed by atoms with Crippen LogP contribution in [0.5, 0.6) is 5.75 Å². The fraction of sp³-hybridized carbons (Fsp3) is 0.174. The molecular formula is C46H37NO2. The SMILES string of the molecule is CC1(C)c2ccccc2-c2c1c1c(c3ccccc23)OC(c2ccc(N3CCOCC3)cc2)(c2ccc3ccc4ccccc4c3c2)C=C1. The molecule has 0 bridgehead atoms. The van der Waals surface area contributed by atoms with Gasteiger partial charge in [-0.25, -0.2) is 0 Å². The third kappa shape index (κ3) is 4.12. The zero-order valence-electron chi connectivity index (χ0n) is 27.9. The van der Waals surface area contributed by atoms with E-state index in [-0.39, 0.29) is 5.41 Å². The number of morpholine rings is 1. The van der Waals surface area contributed by atoms with Crippen molar-refractivity contribution < 1.29 is 9.47 Å². The van der Waals surface area contributed by atoms with Crippen molar-refractivity contribution in [3.63, 3.8) is 0 Å². The predicted octanol–water partition coefficient (Wildman–Crippen LogP) is 10.6. The summed E-state index contributed by atoms with van der Waals surface area (Å²) in [6.45, 7) is 8.05. The second-order valence-corrected chi connectivity index (χ2v) is 14.2. The standard InChI is InChI=1S/C46H37NO2/c1-45(2)41-14-8-7-13-38(41)42-36-11-5-6-12-37(36)44-39(43(42)45)23-24-46(49-44,32-19-21-34(22-20-32)47-25-27-48-28-26-47)33-18-17-31-16-15-30-9-3-4-10-35(30)40(31)29-33/h3-24,29H,25-28H2,1-2H3. The van der Waals surface area contributed by atoms with E-state index in [2.05, 4.69) is 158 Å². The monoisotopic (exact) mass is 635 g/mol. The van der Waals surface area contributed by atoms with Gasteiger partial charge in [0.25, 0.3) is 0 Å². The molecule has 10 rings (SSSR count). The molecule has 2 aliphatic heterocycles. The first-order valence-electron chi connectivity index (χ1n) is 17.5. The van der Waals surface area contributed by atoms with Crippen molar-refractivity contribution in [2.45, 2.75) is 24.9 Å². The molecule has 49 heavy (non-hydrogen) atoms. The summed E-state index contributed by atoms with van der Waals surface area (Å²) < 4.78 is 13.3. The predicted molar refractivity (Wildman–Crippen MR) is 203 cm³/mol. The summed E-state index contributed by atoms with van der Waals surface area (Å²) >= 11 is 0. The second-order valence-electron chi connectivity index (χ2n) is 14.2. The van der Waals surface area contributed by atoms with Crippen molar-refractivity contribution in [3.8, 4) is 16.9 Å². The van der Waals surface area contributed by atoms with Crippen LogP contribution in [0, 0.1) is 0 Å². The number of rotatable bonds is 3. The number of nitrogens with zero attached hydrogens (tertiary/aromatic N) is 1. The van der Waals surface area contributed by atoms with Crippen molar-refractivity contribution in [2.24, 2.45) is 0 Å². The van der Waals surface area contributed by atoms with E-state index >= 15 is 0 Å². The number of hydrogen-bond donors (Lipinski definition) is 0. The van der Waals surface area contributed by atoms with E-state index in [1.807, 2.05) is 0 Å². The highest BCUT2D eigenvalue weighted by atomic mass is 16.5. The Morgan fingerprint density at radius 2 is 1.27 bits per heavy atom. The third-order valence-corrected chi connectivity index (χ3v) is 11.3. The van der Waals surface area contributed by atoms with Gasteiger partial charge in [-0.15, -0.1) is 0 Å². The van der Waals surface area contributed by atoms with Crippen molar-refractivity contribution in [3.05, 3.63) is 161 Å². The fourth-order valence-corrected chi connectivity index (χ4v) is 8.85. The highest BCUT2D eigenvalue weighted by Crippen LogP contribution is 2.58. The van der Waals surface area contributed by atoms with Crippen LogP contribution in [0.4, 0.5) is 5.69 Å². The summed E-state index contributed by atoms with van der Waals surface area (Å²) in [6, 6.07) is 46.8. The Morgan fingerprint density at radius 3 is 2.08 bits per heavy atom. The summed E-state index contributed by atoms with van der Waals surface area (Å²) in [6.07, 6.45) is 4.68. The summed E-state index contributed by atoms with van der Waals surface area (Å²) in [5.41, 5.74) is 8.99. The normalized spacial score (nSPS) is 19.1. The van der Waals surface area contributed by atoms with Gasteiger partial charge in [-0.1, -0.05) is 129 Å². The van der Waals surface area contributed by atoms with Crippen LogP contribution in [0.25, 0.3) is 49.5 Å². The Bertz CT molecular complexity index is 2490. The molecular weight excluding hydrogens is 599 g/mol. The largest absolute Gasteiger partial charge is 0.472 e. The van der Waals surface area contributed by atoms with Gasteiger partial charge in [-0.2, -0.15) is 0 Å². The fourth-order valence-electron chi connectivity index (χ4n) is 8.85. The summed E-state index contributed by atoms with van der Waals surface area (Å²) in [4.78, 5) is 2.41. The average Bonchev–Trinajstić information content (AvgIpc) is 3.41. The molecule has 3 nitrogen and oxygen atoms in total.